The number of aromatic hydroxyl groups is 1. The average Bonchev–Trinajstić information content (AvgIpc) is 2.39. The monoisotopic (exact) mass is 342 g/mol. The SMILES string of the molecule is Oc1c(F)cc(Br)cc1[C@H](C1CCC1)N1CCNCC1. The van der Waals surface area contributed by atoms with E-state index in [4.69, 9.17) is 0 Å². The number of halogens is 2. The first-order valence-corrected chi connectivity index (χ1v) is 8.09. The molecule has 1 aliphatic heterocycles. The lowest BCUT2D eigenvalue weighted by Crippen LogP contribution is -2.47. The average molecular weight is 343 g/mol. The predicted octanol–water partition coefficient (Wildman–Crippen LogP) is 3.04. The van der Waals surface area contributed by atoms with Crippen LogP contribution in [-0.2, 0) is 0 Å². The maximum absolute atomic E-state index is 13.8. The molecule has 1 aliphatic carbocycles. The van der Waals surface area contributed by atoms with Crippen LogP contribution in [0.5, 0.6) is 5.75 Å². The van der Waals surface area contributed by atoms with Gasteiger partial charge in [0, 0.05) is 42.3 Å². The molecule has 0 bridgehead atoms. The Hall–Kier alpha value is -0.650. The van der Waals surface area contributed by atoms with Crippen LogP contribution in [0.15, 0.2) is 16.6 Å². The molecular weight excluding hydrogens is 323 g/mol. The zero-order valence-electron chi connectivity index (χ0n) is 11.4. The Kier molecular flexibility index (Phi) is 4.29. The first-order chi connectivity index (χ1) is 9.66. The number of rotatable bonds is 3. The van der Waals surface area contributed by atoms with E-state index in [0.717, 1.165) is 31.7 Å². The summed E-state index contributed by atoms with van der Waals surface area (Å²) in [5.74, 6) is -0.176. The number of nitrogens with one attached hydrogen (secondary N) is 1. The van der Waals surface area contributed by atoms with Gasteiger partial charge < -0.3 is 10.4 Å². The fourth-order valence-corrected chi connectivity index (χ4v) is 3.72. The quantitative estimate of drug-likeness (QED) is 0.886. The fourth-order valence-electron chi connectivity index (χ4n) is 3.28. The van der Waals surface area contributed by atoms with E-state index in [1.54, 1.807) is 0 Å². The van der Waals surface area contributed by atoms with Gasteiger partial charge in [-0.2, -0.15) is 0 Å². The lowest BCUT2D eigenvalue weighted by molar-refractivity contribution is 0.0815. The zero-order chi connectivity index (χ0) is 14.1. The van der Waals surface area contributed by atoms with Crippen molar-refractivity contribution in [3.8, 4) is 5.75 Å². The highest BCUT2D eigenvalue weighted by atomic mass is 79.9. The van der Waals surface area contributed by atoms with Gasteiger partial charge in [-0.15, -0.1) is 0 Å². The Bertz CT molecular complexity index is 487. The Balaban J connectivity index is 1.96. The normalized spacial score (nSPS) is 22.5. The summed E-state index contributed by atoms with van der Waals surface area (Å²) in [6.07, 6.45) is 3.58. The minimum atomic E-state index is -0.533. The Labute approximate surface area is 127 Å². The second-order valence-electron chi connectivity index (χ2n) is 5.75. The van der Waals surface area contributed by atoms with Gasteiger partial charge in [-0.1, -0.05) is 22.4 Å². The lowest BCUT2D eigenvalue weighted by Gasteiger charge is -2.43. The van der Waals surface area contributed by atoms with Gasteiger partial charge in [-0.3, -0.25) is 4.90 Å². The molecule has 3 nitrogen and oxygen atoms in total. The number of phenolic OH excluding ortho intramolecular Hbond substituents is 1. The first-order valence-electron chi connectivity index (χ1n) is 7.29. The fraction of sp³-hybridized carbons (Fsp3) is 0.600. The molecule has 0 unspecified atom stereocenters. The van der Waals surface area contributed by atoms with E-state index in [1.165, 1.54) is 25.3 Å². The van der Waals surface area contributed by atoms with Crippen LogP contribution in [0.2, 0.25) is 0 Å². The van der Waals surface area contributed by atoms with Crippen LogP contribution < -0.4 is 5.32 Å². The number of hydrogen-bond donors (Lipinski definition) is 2. The third-order valence-electron chi connectivity index (χ3n) is 4.52. The summed E-state index contributed by atoms with van der Waals surface area (Å²) in [6, 6.07) is 3.34. The summed E-state index contributed by atoms with van der Waals surface area (Å²) in [5, 5.41) is 13.5. The van der Waals surface area contributed by atoms with Crippen molar-refractivity contribution < 1.29 is 9.50 Å². The van der Waals surface area contributed by atoms with E-state index in [0.29, 0.717) is 10.4 Å². The van der Waals surface area contributed by atoms with Crippen LogP contribution in [0.1, 0.15) is 30.9 Å². The molecule has 1 aromatic carbocycles. The Morgan fingerprint density at radius 2 is 2.00 bits per heavy atom. The molecule has 3 rings (SSSR count). The van der Waals surface area contributed by atoms with Crippen molar-refractivity contribution in [3.63, 3.8) is 0 Å². The van der Waals surface area contributed by atoms with Gasteiger partial charge in [-0.05, 0) is 30.9 Å². The van der Waals surface area contributed by atoms with Crippen LogP contribution >= 0.6 is 15.9 Å². The van der Waals surface area contributed by atoms with Gasteiger partial charge in [0.15, 0.2) is 11.6 Å². The van der Waals surface area contributed by atoms with Gasteiger partial charge in [0.05, 0.1) is 0 Å². The third-order valence-corrected chi connectivity index (χ3v) is 4.98. The topological polar surface area (TPSA) is 35.5 Å². The van der Waals surface area contributed by atoms with E-state index >= 15 is 0 Å². The largest absolute Gasteiger partial charge is 0.505 e. The van der Waals surface area contributed by atoms with Crippen LogP contribution in [0.3, 0.4) is 0 Å². The molecule has 1 saturated heterocycles. The summed E-state index contributed by atoms with van der Waals surface area (Å²) >= 11 is 3.35. The second kappa shape index (κ2) is 6.00. The number of phenols is 1. The summed E-state index contributed by atoms with van der Waals surface area (Å²) < 4.78 is 14.5. The minimum Gasteiger partial charge on any atom is -0.505 e. The lowest BCUT2D eigenvalue weighted by atomic mass is 9.76. The summed E-state index contributed by atoms with van der Waals surface area (Å²) in [7, 11) is 0. The minimum absolute atomic E-state index is 0.137. The van der Waals surface area contributed by atoms with Crippen LogP contribution in [-0.4, -0.2) is 36.2 Å². The Morgan fingerprint density at radius 3 is 2.60 bits per heavy atom. The van der Waals surface area contributed by atoms with E-state index in [9.17, 15) is 9.50 Å². The van der Waals surface area contributed by atoms with Crippen molar-refractivity contribution in [1.29, 1.82) is 0 Å². The maximum Gasteiger partial charge on any atom is 0.166 e. The summed E-state index contributed by atoms with van der Waals surface area (Å²) in [6.45, 7) is 3.82. The Morgan fingerprint density at radius 1 is 1.30 bits per heavy atom. The van der Waals surface area contributed by atoms with E-state index < -0.39 is 5.82 Å². The molecule has 0 radical (unpaired) electrons. The smallest absolute Gasteiger partial charge is 0.166 e. The van der Waals surface area contributed by atoms with E-state index in [2.05, 4.69) is 26.1 Å². The molecule has 1 heterocycles. The van der Waals surface area contributed by atoms with Crippen molar-refractivity contribution in [1.82, 2.24) is 10.2 Å². The molecule has 5 heteroatoms. The molecule has 20 heavy (non-hydrogen) atoms. The first kappa shape index (κ1) is 14.3. The third kappa shape index (κ3) is 2.71. The molecule has 1 aromatic rings. The second-order valence-corrected chi connectivity index (χ2v) is 6.66. The molecule has 0 spiro atoms. The van der Waals surface area contributed by atoms with Gasteiger partial charge in [0.25, 0.3) is 0 Å². The van der Waals surface area contributed by atoms with Crippen molar-refractivity contribution >= 4 is 15.9 Å². The molecule has 2 fully saturated rings. The van der Waals surface area contributed by atoms with Gasteiger partial charge in [-0.25, -0.2) is 4.39 Å². The van der Waals surface area contributed by atoms with Crippen LogP contribution in [0.25, 0.3) is 0 Å². The molecule has 1 saturated carbocycles. The number of benzene rings is 1. The van der Waals surface area contributed by atoms with Crippen molar-refractivity contribution in [3.05, 3.63) is 28.0 Å². The van der Waals surface area contributed by atoms with Gasteiger partial charge in [0.2, 0.25) is 0 Å². The predicted molar refractivity (Wildman–Crippen MR) is 80.3 cm³/mol. The molecule has 1 atom stereocenters. The highest BCUT2D eigenvalue weighted by molar-refractivity contribution is 9.10. The standard InChI is InChI=1S/C15H20BrFN2O/c16-11-8-12(15(20)13(17)9-11)14(10-2-1-3-10)19-6-4-18-5-7-19/h8-10,14,18,20H,1-7H2/t14-/m0/s1. The molecule has 0 aromatic heterocycles. The zero-order valence-corrected chi connectivity index (χ0v) is 13.0. The number of hydrogen-bond acceptors (Lipinski definition) is 3. The van der Waals surface area contributed by atoms with Crippen LogP contribution in [0.4, 0.5) is 4.39 Å². The molecule has 0 amide bonds. The highest BCUT2D eigenvalue weighted by Gasteiger charge is 2.35. The highest BCUT2D eigenvalue weighted by Crippen LogP contribution is 2.45. The number of piperazine rings is 1. The molecule has 2 N–H and O–H groups in total. The van der Waals surface area contributed by atoms with E-state index in [-0.39, 0.29) is 11.8 Å². The van der Waals surface area contributed by atoms with E-state index in [1.807, 2.05) is 6.07 Å². The van der Waals surface area contributed by atoms with Gasteiger partial charge >= 0.3 is 0 Å². The maximum atomic E-state index is 13.8. The number of nitrogens with zero attached hydrogens (tertiary/aromatic N) is 1. The van der Waals surface area contributed by atoms with Crippen molar-refractivity contribution in [2.75, 3.05) is 26.2 Å². The summed E-state index contributed by atoms with van der Waals surface area (Å²) in [4.78, 5) is 2.39. The molecule has 2 aliphatic rings. The summed E-state index contributed by atoms with van der Waals surface area (Å²) in [5.41, 5.74) is 0.739. The van der Waals surface area contributed by atoms with Crippen LogP contribution in [0, 0.1) is 11.7 Å². The molecule has 110 valence electrons. The van der Waals surface area contributed by atoms with Crippen molar-refractivity contribution in [2.24, 2.45) is 5.92 Å². The van der Waals surface area contributed by atoms with Crippen molar-refractivity contribution in [2.45, 2.75) is 25.3 Å². The van der Waals surface area contributed by atoms with Gasteiger partial charge in [0.1, 0.15) is 0 Å². The molecular formula is C15H20BrFN2O.